The maximum absolute atomic E-state index is 12.1. The van der Waals surface area contributed by atoms with Gasteiger partial charge in [0.25, 0.3) is 0 Å². The Hall–Kier alpha value is -2.60. The third kappa shape index (κ3) is 2.87. The smallest absolute Gasteiger partial charge is 0.332 e. The van der Waals surface area contributed by atoms with Crippen molar-refractivity contribution in [2.24, 2.45) is 0 Å². The van der Waals surface area contributed by atoms with E-state index >= 15 is 0 Å². The number of nitrogens with one attached hydrogen (secondary N) is 1. The standard InChI is InChI=1S/C16H15N3O2S/c1-11-6-8-13(9-7-11)19-15(18-22-16(19)20)17-12-4-3-5-14(10-12)21-2/h3-10H,1-2H3,(H,17,18). The normalized spacial score (nSPS) is 10.5. The van der Waals surface area contributed by atoms with Crippen LogP contribution in [-0.2, 0) is 0 Å². The minimum atomic E-state index is -0.130. The SMILES string of the molecule is COc1cccc(Nc2nsc(=O)n2-c2ccc(C)cc2)c1. The second-order valence-electron chi connectivity index (χ2n) is 4.80. The summed E-state index contributed by atoms with van der Waals surface area (Å²) in [6, 6.07) is 15.2. The van der Waals surface area contributed by atoms with Crippen LogP contribution in [0.25, 0.3) is 5.69 Å². The van der Waals surface area contributed by atoms with Gasteiger partial charge in [0, 0.05) is 23.3 Å². The number of methoxy groups -OCH3 is 1. The van der Waals surface area contributed by atoms with Crippen LogP contribution < -0.4 is 14.9 Å². The molecule has 0 saturated heterocycles. The monoisotopic (exact) mass is 313 g/mol. The number of ether oxygens (including phenoxy) is 1. The maximum atomic E-state index is 12.1. The van der Waals surface area contributed by atoms with Gasteiger partial charge in [0.2, 0.25) is 5.95 Å². The Morgan fingerprint density at radius 3 is 2.68 bits per heavy atom. The lowest BCUT2D eigenvalue weighted by Crippen LogP contribution is -2.13. The third-order valence-corrected chi connectivity index (χ3v) is 3.83. The van der Waals surface area contributed by atoms with Gasteiger partial charge in [-0.25, -0.2) is 4.57 Å². The average Bonchev–Trinajstić information content (AvgIpc) is 2.89. The Kier molecular flexibility index (Phi) is 3.93. The molecule has 0 unspecified atom stereocenters. The number of aromatic nitrogens is 2. The van der Waals surface area contributed by atoms with Crippen molar-refractivity contribution in [3.8, 4) is 11.4 Å². The summed E-state index contributed by atoms with van der Waals surface area (Å²) in [5.41, 5.74) is 2.74. The first-order valence-corrected chi connectivity index (χ1v) is 7.51. The first-order chi connectivity index (χ1) is 10.7. The highest BCUT2D eigenvalue weighted by atomic mass is 32.1. The van der Waals surface area contributed by atoms with Gasteiger partial charge in [0.15, 0.2) is 0 Å². The lowest BCUT2D eigenvalue weighted by Gasteiger charge is -2.09. The lowest BCUT2D eigenvalue weighted by molar-refractivity contribution is 0.415. The molecule has 3 aromatic rings. The molecule has 112 valence electrons. The second-order valence-corrected chi connectivity index (χ2v) is 5.51. The Morgan fingerprint density at radius 2 is 1.95 bits per heavy atom. The molecule has 0 radical (unpaired) electrons. The highest BCUT2D eigenvalue weighted by Crippen LogP contribution is 2.22. The molecule has 0 aliphatic rings. The number of rotatable bonds is 4. The Labute approximate surface area is 132 Å². The minimum Gasteiger partial charge on any atom is -0.497 e. The molecule has 0 fully saturated rings. The molecule has 0 aliphatic carbocycles. The highest BCUT2D eigenvalue weighted by Gasteiger charge is 2.11. The van der Waals surface area contributed by atoms with Crippen molar-refractivity contribution in [2.75, 3.05) is 12.4 Å². The van der Waals surface area contributed by atoms with Crippen molar-refractivity contribution >= 4 is 23.2 Å². The zero-order valence-corrected chi connectivity index (χ0v) is 13.1. The molecule has 6 heteroatoms. The summed E-state index contributed by atoms with van der Waals surface area (Å²) in [4.78, 5) is 12.0. The number of aryl methyl sites for hydroxylation is 1. The molecule has 0 aliphatic heterocycles. The molecule has 1 N–H and O–H groups in total. The van der Waals surface area contributed by atoms with Crippen molar-refractivity contribution in [1.29, 1.82) is 0 Å². The van der Waals surface area contributed by atoms with Crippen LogP contribution >= 0.6 is 11.5 Å². The van der Waals surface area contributed by atoms with Crippen molar-refractivity contribution < 1.29 is 4.74 Å². The van der Waals surface area contributed by atoms with E-state index in [0.29, 0.717) is 5.95 Å². The Bertz CT molecular complexity index is 837. The quantitative estimate of drug-likeness (QED) is 0.802. The Morgan fingerprint density at radius 1 is 1.18 bits per heavy atom. The molecule has 22 heavy (non-hydrogen) atoms. The van der Waals surface area contributed by atoms with Gasteiger partial charge >= 0.3 is 4.87 Å². The van der Waals surface area contributed by atoms with Crippen LogP contribution in [0.1, 0.15) is 5.56 Å². The highest BCUT2D eigenvalue weighted by molar-refractivity contribution is 7.03. The topological polar surface area (TPSA) is 56.1 Å². The van der Waals surface area contributed by atoms with Gasteiger partial charge < -0.3 is 10.1 Å². The van der Waals surface area contributed by atoms with Crippen molar-refractivity contribution in [1.82, 2.24) is 8.94 Å². The van der Waals surface area contributed by atoms with Crippen LogP contribution in [-0.4, -0.2) is 16.1 Å². The number of anilines is 2. The van der Waals surface area contributed by atoms with E-state index in [0.717, 1.165) is 34.2 Å². The van der Waals surface area contributed by atoms with Crippen molar-refractivity contribution in [2.45, 2.75) is 6.92 Å². The minimum absolute atomic E-state index is 0.130. The molecule has 0 spiro atoms. The van der Waals surface area contributed by atoms with E-state index < -0.39 is 0 Å². The van der Waals surface area contributed by atoms with Crippen LogP contribution in [0.15, 0.2) is 53.3 Å². The predicted octanol–water partition coefficient (Wildman–Crippen LogP) is 3.35. The number of hydrogen-bond donors (Lipinski definition) is 1. The molecular formula is C16H15N3O2S. The summed E-state index contributed by atoms with van der Waals surface area (Å²) >= 11 is 0.923. The summed E-state index contributed by atoms with van der Waals surface area (Å²) in [5, 5.41) is 3.16. The summed E-state index contributed by atoms with van der Waals surface area (Å²) < 4.78 is 11.0. The molecule has 1 aromatic heterocycles. The van der Waals surface area contributed by atoms with Crippen molar-refractivity contribution in [3.05, 3.63) is 63.8 Å². The van der Waals surface area contributed by atoms with Crippen LogP contribution in [0.3, 0.4) is 0 Å². The molecule has 0 atom stereocenters. The molecule has 0 saturated carbocycles. The summed E-state index contributed by atoms with van der Waals surface area (Å²) in [6.07, 6.45) is 0. The van der Waals surface area contributed by atoms with Gasteiger partial charge in [0.05, 0.1) is 12.8 Å². The van der Waals surface area contributed by atoms with E-state index in [1.54, 1.807) is 11.7 Å². The van der Waals surface area contributed by atoms with E-state index in [1.165, 1.54) is 0 Å². The number of nitrogens with zero attached hydrogens (tertiary/aromatic N) is 2. The number of benzene rings is 2. The number of hydrogen-bond acceptors (Lipinski definition) is 5. The largest absolute Gasteiger partial charge is 0.497 e. The van der Waals surface area contributed by atoms with Gasteiger partial charge in [-0.05, 0) is 31.2 Å². The van der Waals surface area contributed by atoms with Crippen molar-refractivity contribution in [3.63, 3.8) is 0 Å². The van der Waals surface area contributed by atoms with Gasteiger partial charge in [-0.15, -0.1) is 0 Å². The van der Waals surface area contributed by atoms with Crippen LogP contribution in [0.5, 0.6) is 5.75 Å². The van der Waals surface area contributed by atoms with Gasteiger partial charge in [-0.1, -0.05) is 23.8 Å². The Balaban J connectivity index is 1.98. The predicted molar refractivity (Wildman–Crippen MR) is 88.7 cm³/mol. The fourth-order valence-electron chi connectivity index (χ4n) is 2.08. The van der Waals surface area contributed by atoms with Crippen LogP contribution in [0.4, 0.5) is 11.6 Å². The fourth-order valence-corrected chi connectivity index (χ4v) is 2.65. The third-order valence-electron chi connectivity index (χ3n) is 3.22. The van der Waals surface area contributed by atoms with Gasteiger partial charge in [-0.3, -0.25) is 4.79 Å². The summed E-state index contributed by atoms with van der Waals surface area (Å²) in [6.45, 7) is 2.01. The summed E-state index contributed by atoms with van der Waals surface area (Å²) in [7, 11) is 1.62. The first-order valence-electron chi connectivity index (χ1n) is 6.74. The second kappa shape index (κ2) is 6.03. The molecule has 0 amide bonds. The maximum Gasteiger partial charge on any atom is 0.332 e. The zero-order chi connectivity index (χ0) is 15.5. The lowest BCUT2D eigenvalue weighted by atomic mass is 10.2. The van der Waals surface area contributed by atoms with Gasteiger partial charge in [0.1, 0.15) is 5.75 Å². The molecule has 0 bridgehead atoms. The van der Waals surface area contributed by atoms with E-state index in [1.807, 2.05) is 55.5 Å². The molecule has 5 nitrogen and oxygen atoms in total. The first kappa shape index (κ1) is 14.3. The molecule has 1 heterocycles. The average molecular weight is 313 g/mol. The van der Waals surface area contributed by atoms with E-state index in [9.17, 15) is 4.79 Å². The summed E-state index contributed by atoms with van der Waals surface area (Å²) in [5.74, 6) is 1.23. The van der Waals surface area contributed by atoms with E-state index in [2.05, 4.69) is 9.69 Å². The molecular weight excluding hydrogens is 298 g/mol. The molecule has 3 rings (SSSR count). The zero-order valence-electron chi connectivity index (χ0n) is 12.2. The van der Waals surface area contributed by atoms with E-state index in [4.69, 9.17) is 4.74 Å². The van der Waals surface area contributed by atoms with Gasteiger partial charge in [-0.2, -0.15) is 4.37 Å². The fraction of sp³-hybridized carbons (Fsp3) is 0.125. The van der Waals surface area contributed by atoms with Crippen LogP contribution in [0, 0.1) is 6.92 Å². The van der Waals surface area contributed by atoms with Crippen LogP contribution in [0.2, 0.25) is 0 Å². The van der Waals surface area contributed by atoms with E-state index in [-0.39, 0.29) is 4.87 Å². The molecule has 2 aromatic carbocycles.